The Kier molecular flexibility index (Phi) is 6.09. The molecule has 5 heteroatoms. The Labute approximate surface area is 134 Å². The third-order valence-electron chi connectivity index (χ3n) is 5.39. The van der Waals surface area contributed by atoms with Crippen LogP contribution >= 0.6 is 0 Å². The van der Waals surface area contributed by atoms with Crippen LogP contribution in [0.15, 0.2) is 0 Å². The van der Waals surface area contributed by atoms with Crippen molar-refractivity contribution in [1.82, 2.24) is 15.5 Å². The number of carbonyl (C=O) groups is 1. The van der Waals surface area contributed by atoms with Crippen molar-refractivity contribution in [2.45, 2.75) is 64.5 Å². The van der Waals surface area contributed by atoms with Crippen LogP contribution in [0.2, 0.25) is 0 Å². The molecule has 0 radical (unpaired) electrons. The van der Waals surface area contributed by atoms with Gasteiger partial charge in [0.25, 0.3) is 0 Å². The highest BCUT2D eigenvalue weighted by Gasteiger charge is 2.34. The van der Waals surface area contributed by atoms with Crippen molar-refractivity contribution in [2.24, 2.45) is 11.8 Å². The first-order valence-corrected chi connectivity index (χ1v) is 8.88. The molecule has 22 heavy (non-hydrogen) atoms. The molecule has 2 amide bonds. The van der Waals surface area contributed by atoms with Gasteiger partial charge in [-0.3, -0.25) is 4.90 Å². The van der Waals surface area contributed by atoms with E-state index in [1.807, 2.05) is 0 Å². The maximum Gasteiger partial charge on any atom is 0.314 e. The van der Waals surface area contributed by atoms with E-state index in [4.69, 9.17) is 0 Å². The Bertz CT molecular complexity index is 361. The summed E-state index contributed by atoms with van der Waals surface area (Å²) in [5.41, 5.74) is -0.655. The first-order chi connectivity index (χ1) is 10.4. The number of hydrogen-bond acceptors (Lipinski definition) is 3. The lowest BCUT2D eigenvalue weighted by molar-refractivity contribution is -0.0290. The number of nitrogens with zero attached hydrogens (tertiary/aromatic N) is 1. The molecule has 2 rings (SSSR count). The number of aliphatic hydroxyl groups is 1. The predicted octanol–water partition coefficient (Wildman–Crippen LogP) is 1.96. The van der Waals surface area contributed by atoms with Crippen LogP contribution in [0.3, 0.4) is 0 Å². The molecule has 0 aromatic heterocycles. The van der Waals surface area contributed by atoms with Gasteiger partial charge in [-0.2, -0.15) is 0 Å². The molecule has 3 N–H and O–H groups in total. The van der Waals surface area contributed by atoms with Gasteiger partial charge in [0.15, 0.2) is 0 Å². The molecule has 1 atom stereocenters. The van der Waals surface area contributed by atoms with Crippen molar-refractivity contribution in [3.63, 3.8) is 0 Å². The molecular weight excluding hydrogens is 278 g/mol. The average molecular weight is 311 g/mol. The molecular formula is C17H33N3O2. The fourth-order valence-corrected chi connectivity index (χ4v) is 3.41. The third-order valence-corrected chi connectivity index (χ3v) is 5.39. The Hall–Kier alpha value is -0.810. The van der Waals surface area contributed by atoms with Crippen molar-refractivity contribution >= 4 is 6.03 Å². The number of rotatable bonds is 6. The average Bonchev–Trinajstić information content (AvgIpc) is 2.45. The number of amides is 2. The van der Waals surface area contributed by atoms with E-state index in [9.17, 15) is 9.90 Å². The lowest BCUT2D eigenvalue weighted by Crippen LogP contribution is -2.53. The van der Waals surface area contributed by atoms with Crippen molar-refractivity contribution in [1.29, 1.82) is 0 Å². The molecule has 0 aromatic carbocycles. The standard InChI is InChI=1S/C17H33N3O2/c1-13(2)15(20-9-5-14(3)6-10-20)11-18-16(21)19-12-17(22)7-4-8-17/h13-15,22H,4-12H2,1-3H3,(H2,18,19,21). The molecule has 128 valence electrons. The van der Waals surface area contributed by atoms with Crippen LogP contribution in [0.25, 0.3) is 0 Å². The van der Waals surface area contributed by atoms with Crippen LogP contribution in [0.1, 0.15) is 52.9 Å². The van der Waals surface area contributed by atoms with Crippen molar-refractivity contribution in [2.75, 3.05) is 26.2 Å². The lowest BCUT2D eigenvalue weighted by Gasteiger charge is -2.39. The van der Waals surface area contributed by atoms with Gasteiger partial charge >= 0.3 is 6.03 Å². The summed E-state index contributed by atoms with van der Waals surface area (Å²) in [7, 11) is 0. The molecule has 1 heterocycles. The molecule has 0 aromatic rings. The number of likely N-dealkylation sites (tertiary alicyclic amines) is 1. The first-order valence-electron chi connectivity index (χ1n) is 8.88. The zero-order valence-electron chi connectivity index (χ0n) is 14.4. The minimum Gasteiger partial charge on any atom is -0.388 e. The second-order valence-electron chi connectivity index (χ2n) is 7.67. The molecule has 5 nitrogen and oxygen atoms in total. The van der Waals surface area contributed by atoms with Crippen LogP contribution in [0, 0.1) is 11.8 Å². The fraction of sp³-hybridized carbons (Fsp3) is 0.941. The Morgan fingerprint density at radius 2 is 1.91 bits per heavy atom. The summed E-state index contributed by atoms with van der Waals surface area (Å²) in [5.74, 6) is 1.34. The third kappa shape index (κ3) is 4.85. The first kappa shape index (κ1) is 17.5. The SMILES string of the molecule is CC1CCN(C(CNC(=O)NCC2(O)CCC2)C(C)C)CC1. The highest BCUT2D eigenvalue weighted by atomic mass is 16.3. The van der Waals surface area contributed by atoms with Crippen LogP contribution in [0.5, 0.6) is 0 Å². The van der Waals surface area contributed by atoms with Gasteiger partial charge in [-0.15, -0.1) is 0 Å². The predicted molar refractivity (Wildman–Crippen MR) is 88.8 cm³/mol. The molecule has 1 aliphatic heterocycles. The molecule has 2 fully saturated rings. The molecule has 0 spiro atoms. The summed E-state index contributed by atoms with van der Waals surface area (Å²) < 4.78 is 0. The van der Waals surface area contributed by atoms with E-state index in [-0.39, 0.29) is 6.03 Å². The Morgan fingerprint density at radius 1 is 1.27 bits per heavy atom. The monoisotopic (exact) mass is 311 g/mol. The zero-order chi connectivity index (χ0) is 16.2. The number of nitrogens with one attached hydrogen (secondary N) is 2. The van der Waals surface area contributed by atoms with Crippen LogP contribution in [0.4, 0.5) is 4.79 Å². The van der Waals surface area contributed by atoms with Gasteiger partial charge in [-0.05, 0) is 57.0 Å². The summed E-state index contributed by atoms with van der Waals surface area (Å²) >= 11 is 0. The van der Waals surface area contributed by atoms with E-state index in [2.05, 4.69) is 36.3 Å². The van der Waals surface area contributed by atoms with Crippen LogP contribution in [-0.2, 0) is 0 Å². The topological polar surface area (TPSA) is 64.6 Å². The van der Waals surface area contributed by atoms with Gasteiger partial charge in [0.2, 0.25) is 0 Å². The zero-order valence-corrected chi connectivity index (χ0v) is 14.4. The summed E-state index contributed by atoms with van der Waals surface area (Å²) in [6, 6.07) is 0.237. The maximum atomic E-state index is 11.9. The lowest BCUT2D eigenvalue weighted by atomic mass is 9.80. The maximum absolute atomic E-state index is 11.9. The molecule has 1 saturated heterocycles. The fourth-order valence-electron chi connectivity index (χ4n) is 3.41. The van der Waals surface area contributed by atoms with Gasteiger partial charge in [0.1, 0.15) is 0 Å². The molecule has 1 aliphatic carbocycles. The Balaban J connectivity index is 1.72. The highest BCUT2D eigenvalue weighted by Crippen LogP contribution is 2.30. The molecule has 0 bridgehead atoms. The quantitative estimate of drug-likeness (QED) is 0.702. The summed E-state index contributed by atoms with van der Waals surface area (Å²) in [5, 5.41) is 15.8. The molecule has 2 aliphatic rings. The number of hydrogen-bond donors (Lipinski definition) is 3. The molecule has 1 saturated carbocycles. The van der Waals surface area contributed by atoms with Crippen LogP contribution in [-0.4, -0.2) is 53.9 Å². The molecule has 1 unspecified atom stereocenters. The minimum absolute atomic E-state index is 0.156. The highest BCUT2D eigenvalue weighted by molar-refractivity contribution is 5.73. The van der Waals surface area contributed by atoms with E-state index in [0.717, 1.165) is 38.3 Å². The second-order valence-corrected chi connectivity index (χ2v) is 7.67. The van der Waals surface area contributed by atoms with Crippen molar-refractivity contribution in [3.05, 3.63) is 0 Å². The van der Waals surface area contributed by atoms with Gasteiger partial charge < -0.3 is 15.7 Å². The van der Waals surface area contributed by atoms with Gasteiger partial charge in [0, 0.05) is 19.1 Å². The number of piperidine rings is 1. The Morgan fingerprint density at radius 3 is 2.41 bits per heavy atom. The van der Waals surface area contributed by atoms with E-state index < -0.39 is 5.60 Å². The van der Waals surface area contributed by atoms with Gasteiger partial charge in [-0.1, -0.05) is 20.8 Å². The number of carbonyl (C=O) groups excluding carboxylic acids is 1. The minimum atomic E-state index is -0.655. The number of urea groups is 1. The van der Waals surface area contributed by atoms with Gasteiger partial charge in [0.05, 0.1) is 5.60 Å². The summed E-state index contributed by atoms with van der Waals surface area (Å²) in [6.45, 7) is 10.1. The van der Waals surface area contributed by atoms with Crippen molar-refractivity contribution in [3.8, 4) is 0 Å². The van der Waals surface area contributed by atoms with Crippen LogP contribution < -0.4 is 10.6 Å². The van der Waals surface area contributed by atoms with E-state index in [1.165, 1.54) is 12.8 Å². The second kappa shape index (κ2) is 7.64. The summed E-state index contributed by atoms with van der Waals surface area (Å²) in [6.07, 6.45) is 5.16. The normalized spacial score (nSPS) is 23.9. The van der Waals surface area contributed by atoms with Gasteiger partial charge in [-0.25, -0.2) is 4.79 Å². The van der Waals surface area contributed by atoms with Crippen molar-refractivity contribution < 1.29 is 9.90 Å². The van der Waals surface area contributed by atoms with E-state index in [0.29, 0.717) is 25.0 Å². The smallest absolute Gasteiger partial charge is 0.314 e. The van der Waals surface area contributed by atoms with E-state index >= 15 is 0 Å². The summed E-state index contributed by atoms with van der Waals surface area (Å²) in [4.78, 5) is 14.5. The largest absolute Gasteiger partial charge is 0.388 e. The van der Waals surface area contributed by atoms with E-state index in [1.54, 1.807) is 0 Å².